The lowest BCUT2D eigenvalue weighted by Gasteiger charge is -2.24. The largest absolute Gasteiger partial charge is 0.416 e. The fraction of sp³-hybridized carbons (Fsp3) is 0.250. The van der Waals surface area contributed by atoms with Gasteiger partial charge in [-0.2, -0.15) is 18.3 Å². The molecule has 0 bridgehead atoms. The number of hydrogen-bond acceptors (Lipinski definition) is 4. The molecule has 0 radical (unpaired) electrons. The van der Waals surface area contributed by atoms with Crippen molar-refractivity contribution in [3.05, 3.63) is 72.3 Å². The molecule has 0 saturated carbocycles. The Kier molecular flexibility index (Phi) is 5.97. The summed E-state index contributed by atoms with van der Waals surface area (Å²) in [5.74, 6) is -0.434. The molecule has 29 heavy (non-hydrogen) atoms. The van der Waals surface area contributed by atoms with Gasteiger partial charge in [0.05, 0.1) is 23.5 Å². The Morgan fingerprint density at radius 2 is 1.93 bits per heavy atom. The van der Waals surface area contributed by atoms with E-state index in [0.717, 1.165) is 17.7 Å². The second kappa shape index (κ2) is 8.44. The van der Waals surface area contributed by atoms with Crippen LogP contribution in [0.3, 0.4) is 0 Å². The molecule has 1 N–H and O–H groups in total. The van der Waals surface area contributed by atoms with Gasteiger partial charge < -0.3 is 5.32 Å². The van der Waals surface area contributed by atoms with Crippen LogP contribution in [0, 0.1) is 0 Å². The molecule has 0 unspecified atom stereocenters. The van der Waals surface area contributed by atoms with E-state index in [1.54, 1.807) is 7.05 Å². The smallest absolute Gasteiger partial charge is 0.323 e. The second-order valence-corrected chi connectivity index (χ2v) is 6.62. The average molecular weight is 403 g/mol. The van der Waals surface area contributed by atoms with Crippen molar-refractivity contribution in [3.8, 4) is 5.69 Å². The van der Waals surface area contributed by atoms with Gasteiger partial charge in [0.15, 0.2) is 0 Å². The third-order valence-corrected chi connectivity index (χ3v) is 4.60. The zero-order valence-corrected chi connectivity index (χ0v) is 15.9. The van der Waals surface area contributed by atoms with Gasteiger partial charge in [-0.1, -0.05) is 30.3 Å². The molecule has 1 amide bonds. The lowest BCUT2D eigenvalue weighted by atomic mass is 10.1. The average Bonchev–Trinajstić information content (AvgIpc) is 3.21. The quantitative estimate of drug-likeness (QED) is 0.678. The number of hydrogen-bond donors (Lipinski definition) is 1. The maximum Gasteiger partial charge on any atom is 0.416 e. The van der Waals surface area contributed by atoms with Crippen LogP contribution in [0.1, 0.15) is 24.1 Å². The van der Waals surface area contributed by atoms with Crippen LogP contribution in [0.2, 0.25) is 0 Å². The van der Waals surface area contributed by atoms with Crippen molar-refractivity contribution in [3.63, 3.8) is 0 Å². The maximum absolute atomic E-state index is 13.1. The number of likely N-dealkylation sites (N-methyl/N-ethyl adjacent to an activating group) is 1. The molecular formula is C20H20F3N5O. The Morgan fingerprint density at radius 3 is 2.55 bits per heavy atom. The van der Waals surface area contributed by atoms with Gasteiger partial charge >= 0.3 is 6.18 Å². The van der Waals surface area contributed by atoms with E-state index in [2.05, 4.69) is 15.4 Å². The molecule has 0 aliphatic carbocycles. The van der Waals surface area contributed by atoms with E-state index in [1.807, 2.05) is 42.2 Å². The van der Waals surface area contributed by atoms with E-state index in [0.29, 0.717) is 5.69 Å². The van der Waals surface area contributed by atoms with Gasteiger partial charge in [0.25, 0.3) is 0 Å². The number of nitrogens with zero attached hydrogens (tertiary/aromatic N) is 4. The zero-order valence-electron chi connectivity index (χ0n) is 15.9. The highest BCUT2D eigenvalue weighted by atomic mass is 19.4. The van der Waals surface area contributed by atoms with E-state index in [9.17, 15) is 18.0 Å². The van der Waals surface area contributed by atoms with Crippen LogP contribution in [-0.4, -0.2) is 39.2 Å². The monoisotopic (exact) mass is 403 g/mol. The van der Waals surface area contributed by atoms with E-state index >= 15 is 0 Å². The molecule has 2 aromatic carbocycles. The molecule has 0 aliphatic heterocycles. The summed E-state index contributed by atoms with van der Waals surface area (Å²) in [6, 6.07) is 12.7. The molecule has 1 atom stereocenters. The van der Waals surface area contributed by atoms with Gasteiger partial charge in [-0.05, 0) is 37.7 Å². The van der Waals surface area contributed by atoms with Crippen LogP contribution in [0.5, 0.6) is 0 Å². The van der Waals surface area contributed by atoms with Crippen LogP contribution in [-0.2, 0) is 11.0 Å². The number of halogens is 3. The maximum atomic E-state index is 13.1. The summed E-state index contributed by atoms with van der Waals surface area (Å²) in [4.78, 5) is 18.2. The molecular weight excluding hydrogens is 383 g/mol. The van der Waals surface area contributed by atoms with Gasteiger partial charge in [0, 0.05) is 6.04 Å². The Labute approximate surface area is 166 Å². The zero-order chi connectivity index (χ0) is 21.0. The molecule has 6 nitrogen and oxygen atoms in total. The van der Waals surface area contributed by atoms with Gasteiger partial charge in [-0.3, -0.25) is 9.69 Å². The Morgan fingerprint density at radius 1 is 1.21 bits per heavy atom. The van der Waals surface area contributed by atoms with Gasteiger partial charge in [-0.25, -0.2) is 9.67 Å². The molecule has 0 saturated heterocycles. The topological polar surface area (TPSA) is 63.1 Å². The number of carbonyl (C=O) groups excluding carboxylic acids is 1. The number of alkyl halides is 3. The number of nitrogens with one attached hydrogen (secondary N) is 1. The highest BCUT2D eigenvalue weighted by molar-refractivity contribution is 5.94. The van der Waals surface area contributed by atoms with E-state index < -0.39 is 17.6 Å². The standard InChI is InChI=1S/C20H20F3N5O/c1-14(15-6-4-3-5-7-15)27(2)11-19(29)26-17-10-16(20(21,22)23)8-9-18(17)28-13-24-12-25-28/h3-10,12-14H,11H2,1-2H3,(H,26,29)/t14-/m0/s1. The Balaban J connectivity index is 1.79. The number of amides is 1. The molecule has 0 fully saturated rings. The van der Waals surface area contributed by atoms with Crippen LogP contribution < -0.4 is 5.32 Å². The predicted octanol–water partition coefficient (Wildman–Crippen LogP) is 3.92. The SMILES string of the molecule is C[C@@H](c1ccccc1)N(C)CC(=O)Nc1cc(C(F)(F)F)ccc1-n1cncn1. The molecule has 9 heteroatoms. The molecule has 0 aliphatic rings. The molecule has 1 aromatic heterocycles. The van der Waals surface area contributed by atoms with Crippen LogP contribution in [0.15, 0.2) is 61.2 Å². The van der Waals surface area contributed by atoms with Crippen molar-refractivity contribution in [2.75, 3.05) is 18.9 Å². The van der Waals surface area contributed by atoms with Crippen LogP contribution in [0.25, 0.3) is 5.69 Å². The highest BCUT2D eigenvalue weighted by Crippen LogP contribution is 2.33. The number of aromatic nitrogens is 3. The summed E-state index contributed by atoms with van der Waals surface area (Å²) >= 11 is 0. The van der Waals surface area contributed by atoms with Crippen molar-refractivity contribution in [1.29, 1.82) is 0 Å². The Hall–Kier alpha value is -3.20. The summed E-state index contributed by atoms with van der Waals surface area (Å²) in [5.41, 5.74) is 0.478. The third-order valence-electron chi connectivity index (χ3n) is 4.60. The Bertz CT molecular complexity index is 958. The first-order chi connectivity index (χ1) is 13.8. The van der Waals surface area contributed by atoms with Crippen molar-refractivity contribution in [2.45, 2.75) is 19.1 Å². The van der Waals surface area contributed by atoms with E-state index in [1.165, 1.54) is 23.4 Å². The molecule has 3 rings (SSSR count). The minimum absolute atomic E-state index is 0.00308. The molecule has 0 spiro atoms. The molecule has 1 heterocycles. The van der Waals surface area contributed by atoms with Crippen molar-refractivity contribution >= 4 is 11.6 Å². The van der Waals surface area contributed by atoms with Gasteiger partial charge in [0.1, 0.15) is 12.7 Å². The molecule has 152 valence electrons. The van der Waals surface area contributed by atoms with Gasteiger partial charge in [0.2, 0.25) is 5.91 Å². The van der Waals surface area contributed by atoms with E-state index in [4.69, 9.17) is 0 Å². The lowest BCUT2D eigenvalue weighted by molar-refractivity contribution is -0.137. The predicted molar refractivity (Wildman–Crippen MR) is 102 cm³/mol. The lowest BCUT2D eigenvalue weighted by Crippen LogP contribution is -2.32. The van der Waals surface area contributed by atoms with Crippen molar-refractivity contribution in [1.82, 2.24) is 19.7 Å². The summed E-state index contributed by atoms with van der Waals surface area (Å²) < 4.78 is 40.7. The summed E-state index contributed by atoms with van der Waals surface area (Å²) in [6.45, 7) is 1.96. The minimum atomic E-state index is -4.53. The normalized spacial score (nSPS) is 12.8. The fourth-order valence-electron chi connectivity index (χ4n) is 2.88. The number of carbonyl (C=O) groups is 1. The third kappa shape index (κ3) is 5.00. The number of anilines is 1. The summed E-state index contributed by atoms with van der Waals surface area (Å²) in [6.07, 6.45) is -1.92. The first-order valence-corrected chi connectivity index (χ1v) is 8.87. The molecule has 3 aromatic rings. The minimum Gasteiger partial charge on any atom is -0.323 e. The van der Waals surface area contributed by atoms with Gasteiger partial charge in [-0.15, -0.1) is 0 Å². The fourth-order valence-corrected chi connectivity index (χ4v) is 2.88. The van der Waals surface area contributed by atoms with E-state index in [-0.39, 0.29) is 18.3 Å². The van der Waals surface area contributed by atoms with Crippen molar-refractivity contribution < 1.29 is 18.0 Å². The summed E-state index contributed by atoms with van der Waals surface area (Å²) in [5, 5.41) is 6.52. The first kappa shape index (κ1) is 20.5. The van der Waals surface area contributed by atoms with Crippen LogP contribution in [0.4, 0.5) is 18.9 Å². The number of rotatable bonds is 6. The van der Waals surface area contributed by atoms with Crippen molar-refractivity contribution in [2.24, 2.45) is 0 Å². The number of benzene rings is 2. The highest BCUT2D eigenvalue weighted by Gasteiger charge is 2.31. The van der Waals surface area contributed by atoms with Crippen LogP contribution >= 0.6 is 0 Å². The second-order valence-electron chi connectivity index (χ2n) is 6.62. The first-order valence-electron chi connectivity index (χ1n) is 8.87. The summed E-state index contributed by atoms with van der Waals surface area (Å²) in [7, 11) is 1.78.